The molecule has 0 aliphatic carbocycles. The highest BCUT2D eigenvalue weighted by Crippen LogP contribution is 2.44. The Morgan fingerprint density at radius 1 is 1.23 bits per heavy atom. The molecule has 0 radical (unpaired) electrons. The Balaban J connectivity index is 1.44. The molecule has 0 bridgehead atoms. The van der Waals surface area contributed by atoms with Gasteiger partial charge in [0.2, 0.25) is 0 Å². The lowest BCUT2D eigenvalue weighted by Gasteiger charge is -2.38. The Kier molecular flexibility index (Phi) is 5.18. The topological polar surface area (TPSA) is 61.9 Å². The summed E-state index contributed by atoms with van der Waals surface area (Å²) in [6.45, 7) is 5.35. The Bertz CT molecular complexity index is 636. The lowest BCUT2D eigenvalue weighted by Crippen LogP contribution is -2.45. The van der Waals surface area contributed by atoms with Gasteiger partial charge in [-0.2, -0.15) is 0 Å². The van der Waals surface area contributed by atoms with Gasteiger partial charge < -0.3 is 19.9 Å². The van der Waals surface area contributed by atoms with E-state index in [-0.39, 0.29) is 17.4 Å². The maximum absolute atomic E-state index is 12.8. The Morgan fingerprint density at radius 2 is 2.00 bits per heavy atom. The first-order valence-corrected chi connectivity index (χ1v) is 10.5. The molecule has 4 rings (SSSR count). The molecule has 3 aliphatic rings. The molecule has 7 heteroatoms. The summed E-state index contributed by atoms with van der Waals surface area (Å²) >= 11 is 1.50. The molecule has 6 nitrogen and oxygen atoms in total. The number of carbonyl (C=O) groups excluding carboxylic acids is 2. The molecule has 3 aliphatic heterocycles. The predicted octanol–water partition coefficient (Wildman–Crippen LogP) is 2.42. The fraction of sp³-hybridized carbons (Fsp3) is 0.684. The number of ether oxygens (including phenoxy) is 1. The van der Waals surface area contributed by atoms with Crippen molar-refractivity contribution in [1.29, 1.82) is 0 Å². The van der Waals surface area contributed by atoms with E-state index in [1.165, 1.54) is 11.3 Å². The smallest absolute Gasteiger partial charge is 0.317 e. The van der Waals surface area contributed by atoms with Crippen molar-refractivity contribution in [2.45, 2.75) is 25.7 Å². The quantitative estimate of drug-likeness (QED) is 0.880. The highest BCUT2D eigenvalue weighted by atomic mass is 32.1. The molecule has 1 aromatic heterocycles. The summed E-state index contributed by atoms with van der Waals surface area (Å²) < 4.78 is 5.58. The molecule has 3 fully saturated rings. The third-order valence-corrected chi connectivity index (χ3v) is 7.07. The molecular formula is C19H27N3O3S. The van der Waals surface area contributed by atoms with Crippen LogP contribution in [0.3, 0.4) is 0 Å². The average molecular weight is 378 g/mol. The van der Waals surface area contributed by atoms with E-state index in [0.29, 0.717) is 12.5 Å². The minimum absolute atomic E-state index is 0.0488. The van der Waals surface area contributed by atoms with Crippen molar-refractivity contribution in [2.75, 3.05) is 45.9 Å². The SMILES string of the molecule is O=C(NCC1CN(C(=O)c2cccs2)CC12CCOCC2)N1CCCC1. The van der Waals surface area contributed by atoms with Crippen molar-refractivity contribution in [2.24, 2.45) is 11.3 Å². The number of thiophene rings is 1. The van der Waals surface area contributed by atoms with Crippen molar-refractivity contribution in [1.82, 2.24) is 15.1 Å². The fourth-order valence-electron chi connectivity index (χ4n) is 4.61. The molecule has 142 valence electrons. The van der Waals surface area contributed by atoms with Gasteiger partial charge in [-0.1, -0.05) is 6.07 Å². The molecular weight excluding hydrogens is 350 g/mol. The van der Waals surface area contributed by atoms with Crippen LogP contribution in [0.2, 0.25) is 0 Å². The first kappa shape index (κ1) is 17.8. The second-order valence-corrected chi connectivity index (χ2v) is 8.66. The van der Waals surface area contributed by atoms with Gasteiger partial charge in [0.15, 0.2) is 0 Å². The summed E-state index contributed by atoms with van der Waals surface area (Å²) in [7, 11) is 0. The third kappa shape index (κ3) is 3.47. The van der Waals surface area contributed by atoms with E-state index in [1.54, 1.807) is 0 Å². The number of rotatable bonds is 3. The van der Waals surface area contributed by atoms with Crippen molar-refractivity contribution < 1.29 is 14.3 Å². The van der Waals surface area contributed by atoms with E-state index in [1.807, 2.05) is 27.3 Å². The maximum Gasteiger partial charge on any atom is 0.317 e. The molecule has 1 spiro atoms. The van der Waals surface area contributed by atoms with Crippen molar-refractivity contribution >= 4 is 23.3 Å². The minimum atomic E-state index is 0.0488. The molecule has 0 saturated carbocycles. The number of nitrogens with one attached hydrogen (secondary N) is 1. The molecule has 1 atom stereocenters. The van der Waals surface area contributed by atoms with Crippen LogP contribution in [0.15, 0.2) is 17.5 Å². The van der Waals surface area contributed by atoms with Crippen LogP contribution in [0.25, 0.3) is 0 Å². The van der Waals surface area contributed by atoms with Gasteiger partial charge >= 0.3 is 6.03 Å². The van der Waals surface area contributed by atoms with Crippen LogP contribution in [0.1, 0.15) is 35.4 Å². The maximum atomic E-state index is 12.8. The van der Waals surface area contributed by atoms with Crippen LogP contribution < -0.4 is 5.32 Å². The molecule has 26 heavy (non-hydrogen) atoms. The monoisotopic (exact) mass is 377 g/mol. The standard InChI is InChI=1S/C19H27N3O3S/c23-17(16-4-3-11-26-16)22-13-15(19(14-22)5-9-25-10-6-19)12-20-18(24)21-7-1-2-8-21/h3-4,11,15H,1-2,5-10,12-14H2,(H,20,24). The number of hydrogen-bond acceptors (Lipinski definition) is 4. The lowest BCUT2D eigenvalue weighted by molar-refractivity contribution is 0.000293. The molecule has 3 amide bonds. The predicted molar refractivity (Wildman–Crippen MR) is 100 cm³/mol. The van der Waals surface area contributed by atoms with E-state index in [0.717, 1.165) is 70.0 Å². The number of hydrogen-bond donors (Lipinski definition) is 1. The van der Waals surface area contributed by atoms with Crippen LogP contribution >= 0.6 is 11.3 Å². The molecule has 1 N–H and O–H groups in total. The van der Waals surface area contributed by atoms with E-state index in [9.17, 15) is 9.59 Å². The summed E-state index contributed by atoms with van der Waals surface area (Å²) in [4.78, 5) is 29.9. The van der Waals surface area contributed by atoms with Gasteiger partial charge in [0, 0.05) is 51.9 Å². The van der Waals surface area contributed by atoms with Crippen molar-refractivity contribution in [3.8, 4) is 0 Å². The zero-order chi connectivity index (χ0) is 18.0. The normalized spacial score (nSPS) is 25.0. The molecule has 1 unspecified atom stereocenters. The summed E-state index contributed by atoms with van der Waals surface area (Å²) in [5.74, 6) is 0.418. The summed E-state index contributed by atoms with van der Waals surface area (Å²) in [5.41, 5.74) is 0.0729. The third-order valence-electron chi connectivity index (χ3n) is 6.21. The minimum Gasteiger partial charge on any atom is -0.381 e. The van der Waals surface area contributed by atoms with Gasteiger partial charge in [-0.05, 0) is 42.5 Å². The van der Waals surface area contributed by atoms with Crippen LogP contribution in [-0.2, 0) is 4.74 Å². The van der Waals surface area contributed by atoms with E-state index in [4.69, 9.17) is 4.74 Å². The van der Waals surface area contributed by atoms with Gasteiger partial charge in [0.25, 0.3) is 5.91 Å². The first-order valence-electron chi connectivity index (χ1n) is 9.61. The van der Waals surface area contributed by atoms with E-state index < -0.39 is 0 Å². The van der Waals surface area contributed by atoms with Gasteiger partial charge in [-0.25, -0.2) is 4.79 Å². The Labute approximate surface area is 158 Å². The number of nitrogens with zero attached hydrogens (tertiary/aromatic N) is 2. The highest BCUT2D eigenvalue weighted by molar-refractivity contribution is 7.12. The molecule has 3 saturated heterocycles. The summed E-state index contributed by atoms with van der Waals surface area (Å²) in [6, 6.07) is 3.87. The number of amides is 3. The fourth-order valence-corrected chi connectivity index (χ4v) is 5.30. The van der Waals surface area contributed by atoms with Gasteiger partial charge in [-0.15, -0.1) is 11.3 Å². The zero-order valence-electron chi connectivity index (χ0n) is 15.1. The number of urea groups is 1. The molecule has 1 aromatic rings. The second-order valence-electron chi connectivity index (χ2n) is 7.71. The first-order chi connectivity index (χ1) is 12.7. The zero-order valence-corrected chi connectivity index (χ0v) is 15.9. The Morgan fingerprint density at radius 3 is 2.69 bits per heavy atom. The second kappa shape index (κ2) is 7.56. The summed E-state index contributed by atoms with van der Waals surface area (Å²) in [6.07, 6.45) is 4.12. The van der Waals surface area contributed by atoms with Crippen molar-refractivity contribution in [3.63, 3.8) is 0 Å². The largest absolute Gasteiger partial charge is 0.381 e. The summed E-state index contributed by atoms with van der Waals surface area (Å²) in [5, 5.41) is 5.09. The van der Waals surface area contributed by atoms with Gasteiger partial charge in [-0.3, -0.25) is 4.79 Å². The Hall–Kier alpha value is -1.60. The average Bonchev–Trinajstić information content (AvgIpc) is 3.41. The van der Waals surface area contributed by atoms with Crippen LogP contribution in [0.4, 0.5) is 4.79 Å². The number of carbonyl (C=O) groups is 2. The van der Waals surface area contributed by atoms with Crippen LogP contribution in [0.5, 0.6) is 0 Å². The molecule has 0 aromatic carbocycles. The van der Waals surface area contributed by atoms with Crippen LogP contribution in [0, 0.1) is 11.3 Å². The van der Waals surface area contributed by atoms with Crippen molar-refractivity contribution in [3.05, 3.63) is 22.4 Å². The molecule has 4 heterocycles. The van der Waals surface area contributed by atoms with Crippen LogP contribution in [-0.4, -0.2) is 67.7 Å². The highest BCUT2D eigenvalue weighted by Gasteiger charge is 2.48. The van der Waals surface area contributed by atoms with E-state index >= 15 is 0 Å². The number of likely N-dealkylation sites (tertiary alicyclic amines) is 2. The van der Waals surface area contributed by atoms with Gasteiger partial charge in [0.1, 0.15) is 0 Å². The lowest BCUT2D eigenvalue weighted by atomic mass is 9.72. The van der Waals surface area contributed by atoms with E-state index in [2.05, 4.69) is 5.32 Å². The van der Waals surface area contributed by atoms with Gasteiger partial charge in [0.05, 0.1) is 4.88 Å².